The molecule has 0 saturated heterocycles. The summed E-state index contributed by atoms with van der Waals surface area (Å²) in [5.41, 5.74) is 12.3. The second-order valence-electron chi connectivity index (χ2n) is 17.6. The van der Waals surface area contributed by atoms with E-state index in [1.807, 2.05) is 0 Å². The minimum Gasteiger partial charge on any atom is -0.307 e. The number of para-hydroxylation sites is 4. The molecule has 1 aliphatic carbocycles. The van der Waals surface area contributed by atoms with Gasteiger partial charge in [0.15, 0.2) is 5.82 Å². The molecular weight excluding hydrogens is 705 g/mol. The average Bonchev–Trinajstić information content (AvgIpc) is 3.79. The van der Waals surface area contributed by atoms with Crippen molar-refractivity contribution in [2.75, 3.05) is 0 Å². The lowest BCUT2D eigenvalue weighted by molar-refractivity contribution is 0.334. The van der Waals surface area contributed by atoms with Gasteiger partial charge in [0.1, 0.15) is 5.69 Å². The molecule has 4 heteroatoms. The van der Waals surface area contributed by atoms with Crippen molar-refractivity contribution in [3.63, 3.8) is 0 Å². The fraction of sp³-hybridized carbons (Fsp3) is 0.148. The van der Waals surface area contributed by atoms with Crippen LogP contribution in [0.1, 0.15) is 51.7 Å². The van der Waals surface area contributed by atoms with Crippen molar-refractivity contribution in [3.05, 3.63) is 169 Å². The lowest BCUT2D eigenvalue weighted by Crippen LogP contribution is -2.34. The Kier molecular flexibility index (Phi) is 6.83. The molecule has 0 bridgehead atoms. The number of rotatable bonds is 3. The zero-order valence-electron chi connectivity index (χ0n) is 33.2. The Morgan fingerprint density at radius 3 is 1.88 bits per heavy atom. The van der Waals surface area contributed by atoms with Gasteiger partial charge >= 0.3 is 0 Å². The third kappa shape index (κ3) is 4.57. The van der Waals surface area contributed by atoms with Gasteiger partial charge in [-0.2, -0.15) is 0 Å². The third-order valence-corrected chi connectivity index (χ3v) is 13.3. The van der Waals surface area contributed by atoms with E-state index in [0.717, 1.165) is 57.7 Å². The third-order valence-electron chi connectivity index (χ3n) is 13.3. The Hall–Kier alpha value is -6.78. The van der Waals surface area contributed by atoms with Crippen LogP contribution in [0, 0.1) is 0 Å². The molecule has 8 aromatic carbocycles. The SMILES string of the molecule is CC1(C)CCC(C)(C)c2c1ccc1c2c2c3ccccc3c3c4ccccc4n(-c4ccccc4)c3c2n1-c1nc2ccccc2nc1-c1ccc2ccccc2c1. The summed E-state index contributed by atoms with van der Waals surface area (Å²) in [4.78, 5) is 11.2. The number of aromatic nitrogens is 4. The highest BCUT2D eigenvalue weighted by molar-refractivity contribution is 6.37. The van der Waals surface area contributed by atoms with Crippen molar-refractivity contribution in [1.29, 1.82) is 0 Å². The summed E-state index contributed by atoms with van der Waals surface area (Å²) in [5, 5.41) is 10.0. The Labute approximate surface area is 337 Å². The molecule has 0 amide bonds. The van der Waals surface area contributed by atoms with E-state index in [2.05, 4.69) is 195 Å². The fourth-order valence-corrected chi connectivity index (χ4v) is 10.4. The van der Waals surface area contributed by atoms with Gasteiger partial charge in [0, 0.05) is 32.8 Å². The van der Waals surface area contributed by atoms with E-state index in [4.69, 9.17) is 9.97 Å². The highest BCUT2D eigenvalue weighted by Gasteiger charge is 2.40. The minimum absolute atomic E-state index is 0.0331. The van der Waals surface area contributed by atoms with Gasteiger partial charge in [-0.05, 0) is 98.8 Å². The van der Waals surface area contributed by atoms with E-state index in [9.17, 15) is 0 Å². The number of hydrogen-bond acceptors (Lipinski definition) is 2. The fourth-order valence-electron chi connectivity index (χ4n) is 10.4. The molecule has 0 aliphatic heterocycles. The van der Waals surface area contributed by atoms with E-state index in [-0.39, 0.29) is 10.8 Å². The van der Waals surface area contributed by atoms with Crippen molar-refractivity contribution in [1.82, 2.24) is 19.1 Å². The van der Waals surface area contributed by atoms with E-state index in [1.165, 1.54) is 65.3 Å². The van der Waals surface area contributed by atoms with Gasteiger partial charge in [-0.1, -0.05) is 143 Å². The molecule has 0 spiro atoms. The summed E-state index contributed by atoms with van der Waals surface area (Å²) < 4.78 is 5.00. The van der Waals surface area contributed by atoms with Crippen LogP contribution in [0.3, 0.4) is 0 Å². The van der Waals surface area contributed by atoms with E-state index < -0.39 is 0 Å². The molecule has 4 nitrogen and oxygen atoms in total. The Morgan fingerprint density at radius 2 is 1.09 bits per heavy atom. The van der Waals surface area contributed by atoms with E-state index in [1.54, 1.807) is 0 Å². The molecular formula is C54H42N4. The maximum Gasteiger partial charge on any atom is 0.165 e. The summed E-state index contributed by atoms with van der Waals surface area (Å²) in [7, 11) is 0. The Bertz CT molecular complexity index is 3510. The molecule has 11 aromatic rings. The normalized spacial score (nSPS) is 15.0. The van der Waals surface area contributed by atoms with Gasteiger partial charge in [0.2, 0.25) is 0 Å². The van der Waals surface area contributed by atoms with Crippen LogP contribution in [0.2, 0.25) is 0 Å². The van der Waals surface area contributed by atoms with Gasteiger partial charge < -0.3 is 4.57 Å². The Balaban J connectivity index is 1.40. The molecule has 0 atom stereocenters. The maximum atomic E-state index is 5.69. The van der Waals surface area contributed by atoms with Gasteiger partial charge in [0.25, 0.3) is 0 Å². The highest BCUT2D eigenvalue weighted by Crippen LogP contribution is 2.54. The molecule has 3 heterocycles. The Morgan fingerprint density at radius 1 is 0.466 bits per heavy atom. The lowest BCUT2D eigenvalue weighted by atomic mass is 9.62. The first-order chi connectivity index (χ1) is 28.3. The van der Waals surface area contributed by atoms with Crippen LogP contribution in [0.25, 0.3) is 99.0 Å². The van der Waals surface area contributed by atoms with Crippen LogP contribution in [0.15, 0.2) is 158 Å². The first-order valence-corrected chi connectivity index (χ1v) is 20.6. The van der Waals surface area contributed by atoms with Crippen molar-refractivity contribution < 1.29 is 0 Å². The van der Waals surface area contributed by atoms with Crippen LogP contribution < -0.4 is 0 Å². The van der Waals surface area contributed by atoms with Crippen molar-refractivity contribution >= 4 is 76.2 Å². The zero-order valence-corrected chi connectivity index (χ0v) is 33.2. The summed E-state index contributed by atoms with van der Waals surface area (Å²) >= 11 is 0. The molecule has 58 heavy (non-hydrogen) atoms. The number of benzene rings is 8. The smallest absolute Gasteiger partial charge is 0.165 e. The predicted molar refractivity (Wildman–Crippen MR) is 244 cm³/mol. The van der Waals surface area contributed by atoms with E-state index in [0.29, 0.717) is 0 Å². The van der Waals surface area contributed by atoms with Crippen molar-refractivity contribution in [3.8, 4) is 22.8 Å². The first kappa shape index (κ1) is 33.4. The second-order valence-corrected chi connectivity index (χ2v) is 17.6. The summed E-state index contributed by atoms with van der Waals surface area (Å²) in [5.74, 6) is 0.836. The summed E-state index contributed by atoms with van der Waals surface area (Å²) in [6.07, 6.45) is 2.26. The summed E-state index contributed by atoms with van der Waals surface area (Å²) in [6.45, 7) is 9.79. The molecule has 0 N–H and O–H groups in total. The van der Waals surface area contributed by atoms with Crippen molar-refractivity contribution in [2.24, 2.45) is 0 Å². The largest absolute Gasteiger partial charge is 0.307 e. The molecule has 0 fully saturated rings. The zero-order chi connectivity index (χ0) is 38.9. The van der Waals surface area contributed by atoms with Gasteiger partial charge in [-0.3, -0.25) is 4.57 Å². The number of fused-ring (bicyclic) bond motifs is 14. The highest BCUT2D eigenvalue weighted by atomic mass is 15.1. The van der Waals surface area contributed by atoms with Gasteiger partial charge in [0.05, 0.1) is 33.1 Å². The molecule has 0 radical (unpaired) electrons. The monoisotopic (exact) mass is 746 g/mol. The standard InChI is InChI=1S/C54H42N4/c1-53(2)30-31-54(3,4)48-40(53)28-29-44-47(48)46-38-21-11-10-20-37(38)45-39-22-12-15-25-43(39)57(36-18-6-5-7-19-36)50(45)51(46)58(44)52-49(55-41-23-13-14-24-42(41)56-52)35-27-26-33-16-8-9-17-34(33)32-35/h5-29,32H,30-31H2,1-4H3. The van der Waals surface area contributed by atoms with Crippen LogP contribution in [-0.4, -0.2) is 19.1 Å². The van der Waals surface area contributed by atoms with Crippen LogP contribution in [-0.2, 0) is 10.8 Å². The molecule has 278 valence electrons. The van der Waals surface area contributed by atoms with Gasteiger partial charge in [-0.25, -0.2) is 9.97 Å². The minimum atomic E-state index is -0.0537. The van der Waals surface area contributed by atoms with Crippen LogP contribution in [0.5, 0.6) is 0 Å². The molecule has 12 rings (SSSR count). The molecule has 1 aliphatic rings. The lowest BCUT2D eigenvalue weighted by Gasteiger charge is -2.42. The van der Waals surface area contributed by atoms with Crippen molar-refractivity contribution in [2.45, 2.75) is 51.4 Å². The van der Waals surface area contributed by atoms with Gasteiger partial charge in [-0.15, -0.1) is 0 Å². The summed E-state index contributed by atoms with van der Waals surface area (Å²) in [6, 6.07) is 57.4. The first-order valence-electron chi connectivity index (χ1n) is 20.6. The average molecular weight is 747 g/mol. The predicted octanol–water partition coefficient (Wildman–Crippen LogP) is 14.1. The number of hydrogen-bond donors (Lipinski definition) is 0. The quantitative estimate of drug-likeness (QED) is 0.180. The van der Waals surface area contributed by atoms with E-state index >= 15 is 0 Å². The topological polar surface area (TPSA) is 35.6 Å². The molecule has 0 saturated carbocycles. The maximum absolute atomic E-state index is 5.69. The van der Waals surface area contributed by atoms with Crippen LogP contribution in [0.4, 0.5) is 0 Å². The van der Waals surface area contributed by atoms with Crippen LogP contribution >= 0.6 is 0 Å². The second kappa shape index (κ2) is 11.9. The molecule has 0 unspecified atom stereocenters. The molecule has 3 aromatic heterocycles. The number of nitrogens with zero attached hydrogens (tertiary/aromatic N) is 4.